The number of sulfonamides is 1. The molecule has 6 heteroatoms. The van der Waals surface area contributed by atoms with E-state index in [0.29, 0.717) is 23.1 Å². The molecule has 0 fully saturated rings. The Morgan fingerprint density at radius 1 is 1.00 bits per heavy atom. The summed E-state index contributed by atoms with van der Waals surface area (Å²) in [7, 11) is -0.644. The van der Waals surface area contributed by atoms with Crippen LogP contribution in [0.3, 0.4) is 0 Å². The Morgan fingerprint density at radius 3 is 2.00 bits per heavy atom. The number of methoxy groups -OCH3 is 2. The zero-order valence-electron chi connectivity index (χ0n) is 14.4. The van der Waals surface area contributed by atoms with Crippen LogP contribution in [0.2, 0.25) is 0 Å². The van der Waals surface area contributed by atoms with E-state index in [1.54, 1.807) is 30.3 Å². The van der Waals surface area contributed by atoms with Crippen LogP contribution >= 0.6 is 0 Å². The van der Waals surface area contributed by atoms with Crippen molar-refractivity contribution in [2.24, 2.45) is 0 Å². The molecule has 0 aliphatic heterocycles. The average molecular weight is 349 g/mol. The fraction of sp³-hybridized carbons (Fsp3) is 0.333. The van der Waals surface area contributed by atoms with Crippen LogP contribution in [0.4, 0.5) is 5.69 Å². The maximum absolute atomic E-state index is 12.6. The highest BCUT2D eigenvalue weighted by atomic mass is 32.2. The van der Waals surface area contributed by atoms with Crippen molar-refractivity contribution >= 4 is 15.7 Å². The van der Waals surface area contributed by atoms with Gasteiger partial charge in [0.05, 0.1) is 24.8 Å². The molecule has 2 aromatic rings. The average Bonchev–Trinajstić information content (AvgIpc) is 2.60. The van der Waals surface area contributed by atoms with Crippen LogP contribution in [0, 0.1) is 0 Å². The van der Waals surface area contributed by atoms with E-state index < -0.39 is 10.0 Å². The second-order valence-electron chi connectivity index (χ2n) is 5.59. The van der Waals surface area contributed by atoms with Gasteiger partial charge in [-0.15, -0.1) is 0 Å². The minimum atomic E-state index is -3.67. The third-order valence-corrected chi connectivity index (χ3v) is 5.37. The molecule has 0 saturated heterocycles. The van der Waals surface area contributed by atoms with E-state index in [4.69, 9.17) is 9.47 Å². The fourth-order valence-corrected chi connectivity index (χ4v) is 3.33. The summed E-state index contributed by atoms with van der Waals surface area (Å²) in [5.74, 6) is 1.43. The van der Waals surface area contributed by atoms with Crippen molar-refractivity contribution in [3.63, 3.8) is 0 Å². The summed E-state index contributed by atoms with van der Waals surface area (Å²) in [6.07, 6.45) is 1.01. The third kappa shape index (κ3) is 4.20. The van der Waals surface area contributed by atoms with Crippen LogP contribution < -0.4 is 14.2 Å². The maximum Gasteiger partial charge on any atom is 0.261 e. The van der Waals surface area contributed by atoms with Crippen molar-refractivity contribution in [1.29, 1.82) is 0 Å². The minimum Gasteiger partial charge on any atom is -0.497 e. The van der Waals surface area contributed by atoms with Gasteiger partial charge in [0, 0.05) is 18.2 Å². The van der Waals surface area contributed by atoms with E-state index in [1.165, 1.54) is 14.2 Å². The van der Waals surface area contributed by atoms with Gasteiger partial charge in [-0.1, -0.05) is 26.0 Å². The van der Waals surface area contributed by atoms with Gasteiger partial charge in [-0.3, -0.25) is 4.72 Å². The first kappa shape index (κ1) is 18.1. The molecule has 2 aromatic carbocycles. The lowest BCUT2D eigenvalue weighted by Crippen LogP contribution is -2.13. The largest absolute Gasteiger partial charge is 0.497 e. The Balaban J connectivity index is 2.28. The molecular formula is C18H23NO4S. The Labute approximate surface area is 143 Å². The minimum absolute atomic E-state index is 0.219. The van der Waals surface area contributed by atoms with Crippen molar-refractivity contribution < 1.29 is 17.9 Å². The number of hydrogen-bond acceptors (Lipinski definition) is 4. The standard InChI is InChI=1S/C18H23NO4S/c1-5-13(2)14-6-8-18(9-7-14)24(20,21)19-15-10-16(22-3)12-17(11-15)23-4/h6-13,19H,5H2,1-4H3/t13-/m0/s1. The van der Waals surface area contributed by atoms with Crippen molar-refractivity contribution in [2.75, 3.05) is 18.9 Å². The first-order chi connectivity index (χ1) is 11.4. The monoisotopic (exact) mass is 349 g/mol. The number of anilines is 1. The molecule has 0 unspecified atom stereocenters. The van der Waals surface area contributed by atoms with E-state index in [9.17, 15) is 8.42 Å². The smallest absolute Gasteiger partial charge is 0.261 e. The predicted octanol–water partition coefficient (Wildman–Crippen LogP) is 4.02. The summed E-state index contributed by atoms with van der Waals surface area (Å²) in [6, 6.07) is 11.9. The highest BCUT2D eigenvalue weighted by Gasteiger charge is 2.16. The Hall–Kier alpha value is -2.21. The van der Waals surface area contributed by atoms with Crippen molar-refractivity contribution in [1.82, 2.24) is 0 Å². The molecule has 0 aliphatic rings. The molecule has 24 heavy (non-hydrogen) atoms. The molecule has 0 aromatic heterocycles. The van der Waals surface area contributed by atoms with Gasteiger partial charge in [0.25, 0.3) is 10.0 Å². The molecule has 0 saturated carbocycles. The molecule has 0 bridgehead atoms. The normalized spacial score (nSPS) is 12.5. The van der Waals surface area contributed by atoms with Crippen LogP contribution in [0.1, 0.15) is 31.7 Å². The lowest BCUT2D eigenvalue weighted by atomic mass is 9.99. The van der Waals surface area contributed by atoms with Crippen molar-refractivity contribution in [3.8, 4) is 11.5 Å². The first-order valence-electron chi connectivity index (χ1n) is 7.75. The molecule has 2 rings (SSSR count). The van der Waals surface area contributed by atoms with Gasteiger partial charge in [-0.05, 0) is 30.0 Å². The van der Waals surface area contributed by atoms with Crippen LogP contribution in [-0.4, -0.2) is 22.6 Å². The molecule has 0 radical (unpaired) electrons. The second kappa shape index (κ2) is 7.57. The zero-order valence-corrected chi connectivity index (χ0v) is 15.2. The molecule has 0 aliphatic carbocycles. The molecule has 5 nitrogen and oxygen atoms in total. The lowest BCUT2D eigenvalue weighted by molar-refractivity contribution is 0.395. The summed E-state index contributed by atoms with van der Waals surface area (Å²) in [4.78, 5) is 0.219. The molecule has 1 atom stereocenters. The van der Waals surface area contributed by atoms with E-state index in [1.807, 2.05) is 12.1 Å². The van der Waals surface area contributed by atoms with Crippen LogP contribution in [-0.2, 0) is 10.0 Å². The highest BCUT2D eigenvalue weighted by molar-refractivity contribution is 7.92. The van der Waals surface area contributed by atoms with Gasteiger partial charge in [0.2, 0.25) is 0 Å². The second-order valence-corrected chi connectivity index (χ2v) is 7.27. The maximum atomic E-state index is 12.6. The SMILES string of the molecule is CC[C@H](C)c1ccc(S(=O)(=O)Nc2cc(OC)cc(OC)c2)cc1. The van der Waals surface area contributed by atoms with E-state index in [-0.39, 0.29) is 4.90 Å². The number of hydrogen-bond donors (Lipinski definition) is 1. The molecule has 1 N–H and O–H groups in total. The first-order valence-corrected chi connectivity index (χ1v) is 9.23. The number of nitrogens with one attached hydrogen (secondary N) is 1. The highest BCUT2D eigenvalue weighted by Crippen LogP contribution is 2.28. The Kier molecular flexibility index (Phi) is 5.72. The summed E-state index contributed by atoms with van der Waals surface area (Å²) in [5.41, 5.74) is 1.51. The van der Waals surface area contributed by atoms with E-state index >= 15 is 0 Å². The van der Waals surface area contributed by atoms with E-state index in [0.717, 1.165) is 12.0 Å². The van der Waals surface area contributed by atoms with Crippen LogP contribution in [0.15, 0.2) is 47.4 Å². The number of rotatable bonds is 7. The van der Waals surface area contributed by atoms with Crippen molar-refractivity contribution in [3.05, 3.63) is 48.0 Å². The van der Waals surface area contributed by atoms with Gasteiger partial charge in [0.1, 0.15) is 11.5 Å². The Bertz CT molecular complexity index is 763. The van der Waals surface area contributed by atoms with Gasteiger partial charge in [0.15, 0.2) is 0 Å². The topological polar surface area (TPSA) is 64.6 Å². The van der Waals surface area contributed by atoms with Crippen LogP contribution in [0.25, 0.3) is 0 Å². The summed E-state index contributed by atoms with van der Waals surface area (Å²) in [6.45, 7) is 4.22. The summed E-state index contributed by atoms with van der Waals surface area (Å²) in [5, 5.41) is 0. The molecular weight excluding hydrogens is 326 g/mol. The molecule has 0 amide bonds. The van der Waals surface area contributed by atoms with Gasteiger partial charge in [-0.2, -0.15) is 0 Å². The van der Waals surface area contributed by atoms with Gasteiger partial charge < -0.3 is 9.47 Å². The van der Waals surface area contributed by atoms with Gasteiger partial charge >= 0.3 is 0 Å². The quantitative estimate of drug-likeness (QED) is 0.820. The zero-order chi connectivity index (χ0) is 17.7. The molecule has 130 valence electrons. The van der Waals surface area contributed by atoms with Crippen LogP contribution in [0.5, 0.6) is 11.5 Å². The number of ether oxygens (including phenoxy) is 2. The van der Waals surface area contributed by atoms with Crippen molar-refractivity contribution in [2.45, 2.75) is 31.1 Å². The molecule has 0 heterocycles. The Morgan fingerprint density at radius 2 is 1.54 bits per heavy atom. The number of benzene rings is 2. The summed E-state index contributed by atoms with van der Waals surface area (Å²) >= 11 is 0. The molecule has 0 spiro atoms. The van der Waals surface area contributed by atoms with Gasteiger partial charge in [-0.25, -0.2) is 8.42 Å². The predicted molar refractivity (Wildman–Crippen MR) is 95.5 cm³/mol. The lowest BCUT2D eigenvalue weighted by Gasteiger charge is -2.13. The summed E-state index contributed by atoms with van der Waals surface area (Å²) < 4.78 is 38.0. The fourth-order valence-electron chi connectivity index (χ4n) is 2.29. The van der Waals surface area contributed by atoms with E-state index in [2.05, 4.69) is 18.6 Å². The third-order valence-electron chi connectivity index (χ3n) is 3.98.